The topological polar surface area (TPSA) is 95.1 Å². The van der Waals surface area contributed by atoms with Gasteiger partial charge in [0.05, 0.1) is 6.61 Å². The Morgan fingerprint density at radius 3 is 2.77 bits per heavy atom. The van der Waals surface area contributed by atoms with Gasteiger partial charge in [-0.25, -0.2) is 13.1 Å². The van der Waals surface area contributed by atoms with Crippen molar-refractivity contribution in [3.05, 3.63) is 17.5 Å². The van der Waals surface area contributed by atoms with Crippen LogP contribution in [0.25, 0.3) is 0 Å². The second kappa shape index (κ2) is 10.8. The van der Waals surface area contributed by atoms with Gasteiger partial charge in [0.1, 0.15) is 4.21 Å². The van der Waals surface area contributed by atoms with Crippen LogP contribution in [-0.2, 0) is 14.8 Å². The minimum Gasteiger partial charge on any atom is -0.383 e. The molecule has 0 amide bonds. The summed E-state index contributed by atoms with van der Waals surface area (Å²) >= 11 is 1.21. The molecule has 1 aromatic rings. The molecule has 1 fully saturated rings. The van der Waals surface area contributed by atoms with Crippen molar-refractivity contribution in [3.63, 3.8) is 0 Å². The molecule has 8 nitrogen and oxygen atoms in total. The van der Waals surface area contributed by atoms with Crippen molar-refractivity contribution in [1.29, 1.82) is 0 Å². The fourth-order valence-corrected chi connectivity index (χ4v) is 4.83. The molecule has 0 aliphatic carbocycles. The lowest BCUT2D eigenvalue weighted by Gasteiger charge is -2.32. The van der Waals surface area contributed by atoms with Crippen molar-refractivity contribution in [2.45, 2.75) is 23.1 Å². The average Bonchev–Trinajstić information content (AvgIpc) is 3.19. The number of sulfonamides is 1. The van der Waals surface area contributed by atoms with Crippen LogP contribution in [0.1, 0.15) is 12.8 Å². The van der Waals surface area contributed by atoms with Crippen molar-refractivity contribution in [2.24, 2.45) is 4.99 Å². The van der Waals surface area contributed by atoms with Gasteiger partial charge in [-0.3, -0.25) is 4.99 Å². The number of nitrogens with zero attached hydrogens (tertiary/aromatic N) is 2. The van der Waals surface area contributed by atoms with Gasteiger partial charge in [0, 0.05) is 52.9 Å². The normalized spacial score (nSPS) is 17.4. The Balaban J connectivity index is 1.66. The molecule has 0 aromatic carbocycles. The molecule has 0 atom stereocenters. The molecule has 0 bridgehead atoms. The number of likely N-dealkylation sites (tertiary alicyclic amines) is 1. The Labute approximate surface area is 160 Å². The van der Waals surface area contributed by atoms with Gasteiger partial charge >= 0.3 is 0 Å². The largest absolute Gasteiger partial charge is 0.383 e. The molecule has 10 heteroatoms. The fraction of sp³-hybridized carbons (Fsp3) is 0.688. The molecular formula is C16H29N5O3S2. The summed E-state index contributed by atoms with van der Waals surface area (Å²) in [4.78, 5) is 6.62. The minimum atomic E-state index is -3.41. The van der Waals surface area contributed by atoms with Gasteiger partial charge < -0.3 is 20.3 Å². The van der Waals surface area contributed by atoms with E-state index in [1.807, 2.05) is 0 Å². The SMILES string of the molecule is CN=C(NCCNS(=O)(=O)c1cccs1)NC1CCN(CCOC)CC1. The van der Waals surface area contributed by atoms with E-state index in [2.05, 4.69) is 25.2 Å². The van der Waals surface area contributed by atoms with Crippen LogP contribution >= 0.6 is 11.3 Å². The highest BCUT2D eigenvalue weighted by molar-refractivity contribution is 7.91. The van der Waals surface area contributed by atoms with Gasteiger partial charge in [-0.05, 0) is 24.3 Å². The van der Waals surface area contributed by atoms with E-state index < -0.39 is 10.0 Å². The van der Waals surface area contributed by atoms with Crippen LogP contribution in [-0.4, -0.2) is 78.8 Å². The Hall–Kier alpha value is -1.20. The highest BCUT2D eigenvalue weighted by atomic mass is 32.2. The molecular weight excluding hydrogens is 374 g/mol. The molecule has 0 unspecified atom stereocenters. The van der Waals surface area contributed by atoms with Gasteiger partial charge in [-0.15, -0.1) is 11.3 Å². The van der Waals surface area contributed by atoms with Crippen LogP contribution in [0.15, 0.2) is 26.7 Å². The number of rotatable bonds is 9. The van der Waals surface area contributed by atoms with Crippen molar-refractivity contribution >= 4 is 27.3 Å². The third kappa shape index (κ3) is 6.84. The Bertz CT molecular complexity index is 641. The maximum absolute atomic E-state index is 12.0. The summed E-state index contributed by atoms with van der Waals surface area (Å²) in [6.45, 7) is 4.59. The lowest BCUT2D eigenvalue weighted by atomic mass is 10.1. The number of guanidine groups is 1. The van der Waals surface area contributed by atoms with Gasteiger partial charge in [0.2, 0.25) is 10.0 Å². The standard InChI is InChI=1S/C16H29N5O3S2/c1-17-16(20-14-5-9-21(10-6-14)11-12-24-2)18-7-8-19-26(22,23)15-4-3-13-25-15/h3-4,13-14,19H,5-12H2,1-2H3,(H2,17,18,20). The van der Waals surface area contributed by atoms with Crippen LogP contribution in [0, 0.1) is 0 Å². The summed E-state index contributed by atoms with van der Waals surface area (Å²) in [5.74, 6) is 0.704. The van der Waals surface area contributed by atoms with Gasteiger partial charge in [0.15, 0.2) is 5.96 Å². The van der Waals surface area contributed by atoms with Crippen molar-refractivity contribution in [3.8, 4) is 0 Å². The molecule has 1 aliphatic heterocycles. The van der Waals surface area contributed by atoms with Gasteiger partial charge in [-0.1, -0.05) is 6.07 Å². The maximum atomic E-state index is 12.0. The third-order valence-electron chi connectivity index (χ3n) is 4.23. The van der Waals surface area contributed by atoms with Gasteiger partial charge in [0.25, 0.3) is 0 Å². The summed E-state index contributed by atoms with van der Waals surface area (Å²) < 4.78 is 32.1. The lowest BCUT2D eigenvalue weighted by Crippen LogP contribution is -2.50. The Morgan fingerprint density at radius 2 is 2.15 bits per heavy atom. The number of nitrogens with one attached hydrogen (secondary N) is 3. The summed E-state index contributed by atoms with van der Waals surface area (Å²) in [6, 6.07) is 3.70. The van der Waals surface area contributed by atoms with E-state index in [9.17, 15) is 8.42 Å². The molecule has 2 heterocycles. The van der Waals surface area contributed by atoms with Crippen LogP contribution in [0.3, 0.4) is 0 Å². The zero-order valence-electron chi connectivity index (χ0n) is 15.4. The molecule has 0 radical (unpaired) electrons. The van der Waals surface area contributed by atoms with Gasteiger partial charge in [-0.2, -0.15) is 0 Å². The number of piperidine rings is 1. The van der Waals surface area contributed by atoms with Crippen molar-refractivity contribution < 1.29 is 13.2 Å². The molecule has 148 valence electrons. The third-order valence-corrected chi connectivity index (χ3v) is 7.09. The Morgan fingerprint density at radius 1 is 1.38 bits per heavy atom. The first-order chi connectivity index (χ1) is 12.5. The summed E-state index contributed by atoms with van der Waals surface area (Å²) in [6.07, 6.45) is 2.10. The predicted molar refractivity (Wildman–Crippen MR) is 105 cm³/mol. The van der Waals surface area contributed by atoms with Crippen LogP contribution in [0.2, 0.25) is 0 Å². The number of thiophene rings is 1. The maximum Gasteiger partial charge on any atom is 0.250 e. The molecule has 1 aromatic heterocycles. The molecule has 2 rings (SSSR count). The number of hydrogen-bond acceptors (Lipinski definition) is 6. The summed E-state index contributed by atoms with van der Waals surface area (Å²) in [7, 11) is 0.0376. The monoisotopic (exact) mass is 403 g/mol. The smallest absolute Gasteiger partial charge is 0.250 e. The van der Waals surface area contributed by atoms with E-state index in [0.717, 1.165) is 39.1 Å². The zero-order valence-corrected chi connectivity index (χ0v) is 17.0. The average molecular weight is 404 g/mol. The minimum absolute atomic E-state index is 0.302. The lowest BCUT2D eigenvalue weighted by molar-refractivity contribution is 0.128. The second-order valence-corrected chi connectivity index (χ2v) is 9.02. The van der Waals surface area contributed by atoms with E-state index in [1.54, 1.807) is 31.7 Å². The quantitative estimate of drug-likeness (QED) is 0.312. The van der Waals surface area contributed by atoms with Crippen molar-refractivity contribution in [2.75, 3.05) is 53.5 Å². The number of methoxy groups -OCH3 is 1. The first-order valence-electron chi connectivity index (χ1n) is 8.77. The van der Waals surface area contributed by atoms with E-state index in [4.69, 9.17) is 4.74 Å². The van der Waals surface area contributed by atoms with Crippen LogP contribution in [0.4, 0.5) is 0 Å². The van der Waals surface area contributed by atoms with Crippen molar-refractivity contribution in [1.82, 2.24) is 20.3 Å². The number of ether oxygens (including phenoxy) is 1. The predicted octanol–water partition coefficient (Wildman–Crippen LogP) is 0.302. The molecule has 26 heavy (non-hydrogen) atoms. The van der Waals surface area contributed by atoms with E-state index >= 15 is 0 Å². The van der Waals surface area contributed by atoms with Crippen LogP contribution in [0.5, 0.6) is 0 Å². The first-order valence-corrected chi connectivity index (χ1v) is 11.1. The molecule has 0 saturated carbocycles. The first kappa shape index (κ1) is 21.1. The highest BCUT2D eigenvalue weighted by Crippen LogP contribution is 2.14. The zero-order chi connectivity index (χ0) is 18.8. The summed E-state index contributed by atoms with van der Waals surface area (Å²) in [5, 5.41) is 8.32. The van der Waals surface area contributed by atoms with E-state index in [1.165, 1.54) is 11.3 Å². The van der Waals surface area contributed by atoms with Crippen LogP contribution < -0.4 is 15.4 Å². The Kier molecular flexibility index (Phi) is 8.79. The molecule has 1 aliphatic rings. The molecule has 0 spiro atoms. The highest BCUT2D eigenvalue weighted by Gasteiger charge is 2.19. The number of aliphatic imine (C=N–C) groups is 1. The van der Waals surface area contributed by atoms with E-state index in [-0.39, 0.29) is 0 Å². The second-order valence-electron chi connectivity index (χ2n) is 6.08. The summed E-state index contributed by atoms with van der Waals surface area (Å²) in [5.41, 5.74) is 0. The fourth-order valence-electron chi connectivity index (χ4n) is 2.76. The van der Waals surface area contributed by atoms with E-state index in [0.29, 0.717) is 29.3 Å². The number of hydrogen-bond donors (Lipinski definition) is 3. The molecule has 3 N–H and O–H groups in total. The molecule has 1 saturated heterocycles.